The van der Waals surface area contributed by atoms with Crippen molar-refractivity contribution in [2.24, 2.45) is 5.92 Å². The number of hydrogen-bond acceptors (Lipinski definition) is 4. The van der Waals surface area contributed by atoms with Gasteiger partial charge in [0, 0.05) is 18.2 Å². The molecule has 0 spiro atoms. The molecule has 2 rings (SSSR count). The molecule has 0 bridgehead atoms. The molecule has 1 aromatic carbocycles. The fraction of sp³-hybridized carbons (Fsp3) is 0.600. The van der Waals surface area contributed by atoms with Gasteiger partial charge in [0.05, 0.1) is 14.2 Å². The van der Waals surface area contributed by atoms with Gasteiger partial charge in [0.1, 0.15) is 17.1 Å². The van der Waals surface area contributed by atoms with Crippen LogP contribution in [0, 0.1) is 5.92 Å². The number of ether oxygens (including phenoxy) is 2. The molecule has 1 aliphatic rings. The number of likely N-dealkylation sites (N-methyl/N-ethyl adjacent to an activating group) is 1. The van der Waals surface area contributed by atoms with Gasteiger partial charge in [-0.05, 0) is 45.0 Å². The van der Waals surface area contributed by atoms with Crippen LogP contribution in [0.3, 0.4) is 0 Å². The number of nitrogens with zero attached hydrogens (tertiary/aromatic N) is 1. The molecule has 0 heterocycles. The third kappa shape index (κ3) is 2.85. The highest BCUT2D eigenvalue weighted by atomic mass is 16.5. The van der Waals surface area contributed by atoms with Gasteiger partial charge in [-0.2, -0.15) is 0 Å². The van der Waals surface area contributed by atoms with Crippen LogP contribution in [0.1, 0.15) is 18.4 Å². The van der Waals surface area contributed by atoms with E-state index in [1.807, 2.05) is 37.2 Å². The van der Waals surface area contributed by atoms with Crippen molar-refractivity contribution in [3.05, 3.63) is 23.8 Å². The molecule has 4 nitrogen and oxygen atoms in total. The van der Waals surface area contributed by atoms with Crippen LogP contribution in [0.5, 0.6) is 11.5 Å². The minimum absolute atomic E-state index is 0.317. The highest BCUT2D eigenvalue weighted by molar-refractivity contribution is 5.45. The van der Waals surface area contributed by atoms with Crippen molar-refractivity contribution in [2.45, 2.75) is 18.4 Å². The van der Waals surface area contributed by atoms with E-state index in [9.17, 15) is 5.11 Å². The Morgan fingerprint density at radius 2 is 1.95 bits per heavy atom. The van der Waals surface area contributed by atoms with E-state index in [4.69, 9.17) is 9.47 Å². The van der Waals surface area contributed by atoms with Crippen molar-refractivity contribution in [2.75, 3.05) is 34.9 Å². The number of hydrogen-bond donors (Lipinski definition) is 1. The molecule has 1 aliphatic carbocycles. The lowest BCUT2D eigenvalue weighted by atomic mass is 9.87. The van der Waals surface area contributed by atoms with Crippen molar-refractivity contribution >= 4 is 0 Å². The Morgan fingerprint density at radius 3 is 2.42 bits per heavy atom. The van der Waals surface area contributed by atoms with E-state index < -0.39 is 5.60 Å². The van der Waals surface area contributed by atoms with Gasteiger partial charge in [0.15, 0.2) is 0 Å². The van der Waals surface area contributed by atoms with Gasteiger partial charge in [0.25, 0.3) is 0 Å². The van der Waals surface area contributed by atoms with Gasteiger partial charge in [0.2, 0.25) is 0 Å². The van der Waals surface area contributed by atoms with Crippen LogP contribution >= 0.6 is 0 Å². The lowest BCUT2D eigenvalue weighted by molar-refractivity contribution is -0.0118. The summed E-state index contributed by atoms with van der Waals surface area (Å²) in [5.41, 5.74) is 0.00759. The normalized spacial score (nSPS) is 18.2. The minimum Gasteiger partial charge on any atom is -0.497 e. The summed E-state index contributed by atoms with van der Waals surface area (Å²) < 4.78 is 10.6. The fourth-order valence-electron chi connectivity index (χ4n) is 2.63. The predicted octanol–water partition coefficient (Wildman–Crippen LogP) is 1.86. The largest absolute Gasteiger partial charge is 0.497 e. The first-order valence-electron chi connectivity index (χ1n) is 6.61. The Hall–Kier alpha value is -1.26. The lowest BCUT2D eigenvalue weighted by Gasteiger charge is -2.33. The van der Waals surface area contributed by atoms with Crippen LogP contribution in [0.25, 0.3) is 0 Å². The summed E-state index contributed by atoms with van der Waals surface area (Å²) in [6, 6.07) is 5.62. The summed E-state index contributed by atoms with van der Waals surface area (Å²) in [6.07, 6.45) is 2.14. The average molecular weight is 265 g/mol. The number of rotatable bonds is 6. The molecule has 0 radical (unpaired) electrons. The Balaban J connectivity index is 2.41. The SMILES string of the molecule is COc1ccc(C(O)(CN(C)C)C2CC2)c(OC)c1. The van der Waals surface area contributed by atoms with E-state index in [1.165, 1.54) is 0 Å². The molecule has 0 aromatic heterocycles. The van der Waals surface area contributed by atoms with E-state index in [2.05, 4.69) is 0 Å². The van der Waals surface area contributed by atoms with Crippen LogP contribution in [0.4, 0.5) is 0 Å². The molecule has 0 aliphatic heterocycles. The van der Waals surface area contributed by atoms with Crippen LogP contribution in [-0.2, 0) is 5.60 Å². The number of aliphatic hydroxyl groups is 1. The lowest BCUT2D eigenvalue weighted by Crippen LogP contribution is -2.39. The monoisotopic (exact) mass is 265 g/mol. The first kappa shape index (κ1) is 14.2. The number of benzene rings is 1. The van der Waals surface area contributed by atoms with Crippen molar-refractivity contribution in [3.8, 4) is 11.5 Å². The average Bonchev–Trinajstić information content (AvgIpc) is 3.21. The third-order valence-corrected chi connectivity index (χ3v) is 3.69. The molecule has 1 saturated carbocycles. The molecular weight excluding hydrogens is 242 g/mol. The molecule has 4 heteroatoms. The molecule has 1 unspecified atom stereocenters. The third-order valence-electron chi connectivity index (χ3n) is 3.69. The van der Waals surface area contributed by atoms with Crippen LogP contribution in [-0.4, -0.2) is 44.9 Å². The Kier molecular flexibility index (Phi) is 4.02. The predicted molar refractivity (Wildman–Crippen MR) is 74.7 cm³/mol. The fourth-order valence-corrected chi connectivity index (χ4v) is 2.63. The Morgan fingerprint density at radius 1 is 1.26 bits per heavy atom. The molecule has 1 fully saturated rings. The van der Waals surface area contributed by atoms with E-state index in [-0.39, 0.29) is 0 Å². The van der Waals surface area contributed by atoms with E-state index >= 15 is 0 Å². The molecule has 106 valence electrons. The highest BCUT2D eigenvalue weighted by Crippen LogP contribution is 2.48. The molecule has 19 heavy (non-hydrogen) atoms. The van der Waals surface area contributed by atoms with Crippen molar-refractivity contribution in [1.29, 1.82) is 0 Å². The second-order valence-corrected chi connectivity index (χ2v) is 5.50. The van der Waals surface area contributed by atoms with Crippen molar-refractivity contribution in [3.63, 3.8) is 0 Å². The van der Waals surface area contributed by atoms with Crippen LogP contribution < -0.4 is 9.47 Å². The molecule has 1 atom stereocenters. The summed E-state index contributed by atoms with van der Waals surface area (Å²) in [5.74, 6) is 1.75. The summed E-state index contributed by atoms with van der Waals surface area (Å²) in [4.78, 5) is 2.02. The number of methoxy groups -OCH3 is 2. The van der Waals surface area contributed by atoms with Gasteiger partial charge in [-0.25, -0.2) is 0 Å². The molecular formula is C15H23NO3. The standard InChI is InChI=1S/C15H23NO3/c1-16(2)10-15(17,11-5-6-11)13-8-7-12(18-3)9-14(13)19-4/h7-9,11,17H,5-6,10H2,1-4H3. The first-order chi connectivity index (χ1) is 9.01. The quantitative estimate of drug-likeness (QED) is 0.852. The topological polar surface area (TPSA) is 41.9 Å². The van der Waals surface area contributed by atoms with E-state index in [0.29, 0.717) is 18.2 Å². The summed E-state index contributed by atoms with van der Waals surface area (Å²) in [5, 5.41) is 11.1. The van der Waals surface area contributed by atoms with Gasteiger partial charge in [-0.1, -0.05) is 0 Å². The molecule has 0 saturated heterocycles. The van der Waals surface area contributed by atoms with E-state index in [0.717, 1.165) is 24.2 Å². The highest BCUT2D eigenvalue weighted by Gasteiger charge is 2.46. The maximum atomic E-state index is 11.1. The smallest absolute Gasteiger partial charge is 0.128 e. The van der Waals surface area contributed by atoms with Gasteiger partial charge in [-0.3, -0.25) is 0 Å². The first-order valence-corrected chi connectivity index (χ1v) is 6.61. The van der Waals surface area contributed by atoms with Crippen molar-refractivity contribution in [1.82, 2.24) is 4.90 Å². The second kappa shape index (κ2) is 5.39. The Labute approximate surface area is 114 Å². The molecule has 1 aromatic rings. The van der Waals surface area contributed by atoms with Gasteiger partial charge in [-0.15, -0.1) is 0 Å². The Bertz CT molecular complexity index is 443. The zero-order chi connectivity index (χ0) is 14.0. The molecule has 0 amide bonds. The second-order valence-electron chi connectivity index (χ2n) is 5.50. The zero-order valence-corrected chi connectivity index (χ0v) is 12.1. The zero-order valence-electron chi connectivity index (χ0n) is 12.1. The van der Waals surface area contributed by atoms with Crippen molar-refractivity contribution < 1.29 is 14.6 Å². The van der Waals surface area contributed by atoms with Crippen LogP contribution in [0.2, 0.25) is 0 Å². The summed E-state index contributed by atoms with van der Waals surface area (Å²) >= 11 is 0. The van der Waals surface area contributed by atoms with Gasteiger partial charge < -0.3 is 19.5 Å². The van der Waals surface area contributed by atoms with Crippen LogP contribution in [0.15, 0.2) is 18.2 Å². The maximum absolute atomic E-state index is 11.1. The maximum Gasteiger partial charge on any atom is 0.128 e. The summed E-state index contributed by atoms with van der Waals surface area (Å²) in [6.45, 7) is 0.598. The van der Waals surface area contributed by atoms with Gasteiger partial charge >= 0.3 is 0 Å². The van der Waals surface area contributed by atoms with E-state index in [1.54, 1.807) is 14.2 Å². The molecule has 1 N–H and O–H groups in total. The minimum atomic E-state index is -0.846. The summed E-state index contributed by atoms with van der Waals surface area (Å²) in [7, 11) is 7.20.